The second-order valence-corrected chi connectivity index (χ2v) is 8.99. The molecule has 39 heavy (non-hydrogen) atoms. The zero-order chi connectivity index (χ0) is 32.0. The number of benzene rings is 2. The van der Waals surface area contributed by atoms with Gasteiger partial charge in [-0.25, -0.2) is 9.50 Å². The summed E-state index contributed by atoms with van der Waals surface area (Å²) in [6.07, 6.45) is -3.30. The zero-order valence-corrected chi connectivity index (χ0v) is 21.1. The first kappa shape index (κ1) is 20.7. The minimum absolute atomic E-state index is 0.0586. The quantitative estimate of drug-likeness (QED) is 0.390. The van der Waals surface area contributed by atoms with Crippen molar-refractivity contribution in [3.05, 3.63) is 94.4 Å². The zero-order valence-electron chi connectivity index (χ0n) is 26.1. The van der Waals surface area contributed by atoms with Crippen molar-refractivity contribution >= 4 is 17.2 Å². The number of alkyl halides is 3. The number of rotatable bonds is 4. The van der Waals surface area contributed by atoms with E-state index in [0.717, 1.165) is 16.5 Å². The Morgan fingerprint density at radius 3 is 2.72 bits per heavy atom. The summed E-state index contributed by atoms with van der Waals surface area (Å²) in [7, 11) is 1.30. The summed E-state index contributed by atoms with van der Waals surface area (Å²) in [4.78, 5) is 19.4. The first-order valence-electron chi connectivity index (χ1n) is 14.5. The number of carbonyl (C=O) groups excluding carboxylic acids is 1. The Hall–Kier alpha value is -4.20. The Bertz CT molecular complexity index is 1800. The van der Waals surface area contributed by atoms with Gasteiger partial charge in [-0.2, -0.15) is 18.3 Å². The number of aryl methyl sites for hydroxylation is 1. The third-order valence-corrected chi connectivity index (χ3v) is 6.16. The Labute approximate surface area is 231 Å². The third kappa shape index (κ3) is 6.11. The summed E-state index contributed by atoms with van der Waals surface area (Å²) >= 11 is 0. The van der Waals surface area contributed by atoms with Crippen LogP contribution >= 0.6 is 0 Å². The molecule has 0 atom stereocenters. The molecule has 0 unspecified atom stereocenters. The molecule has 10 heteroatoms. The second kappa shape index (κ2) is 10.9. The van der Waals surface area contributed by atoms with E-state index in [0.29, 0.717) is 11.2 Å². The maximum atomic E-state index is 14.1. The topological polar surface area (TPSA) is 65.8 Å². The smallest absolute Gasteiger partial charge is 0.322 e. The van der Waals surface area contributed by atoms with Gasteiger partial charge in [0, 0.05) is 61.1 Å². The largest absolute Gasteiger partial charge is 0.416 e. The minimum atomic E-state index is -4.78. The molecule has 3 heterocycles. The van der Waals surface area contributed by atoms with Crippen molar-refractivity contribution in [1.29, 1.82) is 0 Å². The predicted molar refractivity (Wildman–Crippen MR) is 142 cm³/mol. The average molecular weight is 538 g/mol. The highest BCUT2D eigenvalue weighted by Crippen LogP contribution is 2.34. The molecular weight excluding hydrogens is 505 g/mol. The van der Waals surface area contributed by atoms with Crippen LogP contribution in [0.3, 0.4) is 0 Å². The summed E-state index contributed by atoms with van der Waals surface area (Å²) in [6.45, 7) is -3.29. The monoisotopic (exact) mass is 537 g/mol. The van der Waals surface area contributed by atoms with Gasteiger partial charge in [0.25, 0.3) is 5.91 Å². The summed E-state index contributed by atoms with van der Waals surface area (Å²) in [5.41, 5.74) is 0.805. The van der Waals surface area contributed by atoms with E-state index in [-0.39, 0.29) is 48.3 Å². The molecule has 1 N–H and O–H groups in total. The normalized spacial score (nSPS) is 19.2. The van der Waals surface area contributed by atoms with Crippen LogP contribution in [0.4, 0.5) is 18.9 Å². The van der Waals surface area contributed by atoms with E-state index < -0.39 is 30.6 Å². The van der Waals surface area contributed by atoms with E-state index in [1.54, 1.807) is 25.1 Å². The molecule has 0 spiro atoms. The molecule has 0 radical (unpaired) electrons. The van der Waals surface area contributed by atoms with E-state index in [2.05, 4.69) is 27.2 Å². The Kier molecular flexibility index (Phi) is 5.78. The molecule has 1 amide bonds. The van der Waals surface area contributed by atoms with E-state index in [1.807, 2.05) is 0 Å². The average Bonchev–Trinajstić information content (AvgIpc) is 3.25. The van der Waals surface area contributed by atoms with Crippen LogP contribution < -0.4 is 5.32 Å². The van der Waals surface area contributed by atoms with Crippen molar-refractivity contribution in [2.24, 2.45) is 0 Å². The second-order valence-electron chi connectivity index (χ2n) is 8.99. The van der Waals surface area contributed by atoms with E-state index in [1.165, 1.54) is 46.9 Å². The van der Waals surface area contributed by atoms with Gasteiger partial charge in [-0.1, -0.05) is 18.1 Å². The van der Waals surface area contributed by atoms with E-state index in [4.69, 9.17) is 6.85 Å². The molecule has 1 aliphatic rings. The number of hydrogen-bond acceptors (Lipinski definition) is 5. The van der Waals surface area contributed by atoms with Gasteiger partial charge in [0.1, 0.15) is 5.69 Å². The highest BCUT2D eigenvalue weighted by Gasteiger charge is 2.34. The number of piperazine rings is 1. The maximum absolute atomic E-state index is 14.1. The number of likely N-dealkylation sites (N-methyl/N-ethyl adjacent to an activating group) is 1. The molecule has 0 aliphatic carbocycles. The number of hydrogen-bond donors (Lipinski definition) is 1. The highest BCUT2D eigenvalue weighted by molar-refractivity contribution is 6.04. The maximum Gasteiger partial charge on any atom is 0.416 e. The van der Waals surface area contributed by atoms with Crippen LogP contribution in [0.1, 0.15) is 45.2 Å². The van der Waals surface area contributed by atoms with Crippen LogP contribution in [0.2, 0.25) is 0 Å². The van der Waals surface area contributed by atoms with Gasteiger partial charge in [-0.15, -0.1) is 0 Å². The molecule has 0 saturated carbocycles. The summed E-state index contributed by atoms with van der Waals surface area (Å²) in [5.74, 6) is 5.15. The van der Waals surface area contributed by atoms with Gasteiger partial charge < -0.3 is 10.2 Å². The van der Waals surface area contributed by atoms with Gasteiger partial charge in [0.05, 0.1) is 13.1 Å². The number of carbonyl (C=O) groups is 1. The van der Waals surface area contributed by atoms with Crippen molar-refractivity contribution in [3.8, 4) is 11.8 Å². The number of imidazole rings is 1. The van der Waals surface area contributed by atoms with Crippen LogP contribution in [-0.2, 0) is 12.7 Å². The predicted octanol–water partition coefficient (Wildman–Crippen LogP) is 4.46. The van der Waals surface area contributed by atoms with Gasteiger partial charge in [0.15, 0.2) is 5.65 Å². The molecule has 1 saturated heterocycles. The fourth-order valence-corrected chi connectivity index (χ4v) is 4.02. The number of fused-ring (bicyclic) bond motifs is 1. The van der Waals surface area contributed by atoms with Crippen molar-refractivity contribution in [3.63, 3.8) is 0 Å². The SMILES string of the molecule is [2H]c1nc2cccnn2c1C#Cc1cc(C(=O)Nc2ccc(CN3CC([2H])([2H])N(C)C([2H])([2H])C3)c(C(F)(F)F)c2)ccc1C. The van der Waals surface area contributed by atoms with Gasteiger partial charge in [-0.05, 0) is 67.4 Å². The fourth-order valence-electron chi connectivity index (χ4n) is 4.02. The Morgan fingerprint density at radius 1 is 1.15 bits per heavy atom. The summed E-state index contributed by atoms with van der Waals surface area (Å²) in [6, 6.07) is 11.4. The van der Waals surface area contributed by atoms with E-state index in [9.17, 15) is 18.0 Å². The van der Waals surface area contributed by atoms with Crippen LogP contribution in [0.25, 0.3) is 5.65 Å². The molecule has 5 rings (SSSR count). The Balaban J connectivity index is 1.38. The van der Waals surface area contributed by atoms with Crippen molar-refractivity contribution in [2.45, 2.75) is 19.6 Å². The van der Waals surface area contributed by atoms with Crippen molar-refractivity contribution in [2.75, 3.05) is 38.4 Å². The molecule has 7 nitrogen and oxygen atoms in total. The van der Waals surface area contributed by atoms with Crippen LogP contribution in [0.5, 0.6) is 0 Å². The Morgan fingerprint density at radius 2 is 1.95 bits per heavy atom. The summed E-state index contributed by atoms with van der Waals surface area (Å²) < 4.78 is 84.3. The number of aromatic nitrogens is 3. The molecule has 2 aromatic heterocycles. The first-order chi connectivity index (χ1) is 20.5. The fraction of sp³-hybridized carbons (Fsp3) is 0.276. The van der Waals surface area contributed by atoms with Crippen molar-refractivity contribution < 1.29 is 24.8 Å². The number of halogens is 3. The first-order valence-corrected chi connectivity index (χ1v) is 12.0. The number of amides is 1. The lowest BCUT2D eigenvalue weighted by atomic mass is 10.0. The lowest BCUT2D eigenvalue weighted by Gasteiger charge is -2.33. The van der Waals surface area contributed by atoms with Crippen LogP contribution in [0, 0.1) is 18.8 Å². The summed E-state index contributed by atoms with van der Waals surface area (Å²) in [5, 5.41) is 6.66. The molecule has 4 aromatic rings. The molecular formula is C29H27F3N6O. The minimum Gasteiger partial charge on any atom is -0.322 e. The van der Waals surface area contributed by atoms with Gasteiger partial charge >= 0.3 is 6.18 Å². The van der Waals surface area contributed by atoms with Crippen LogP contribution in [0.15, 0.2) is 60.9 Å². The lowest BCUT2D eigenvalue weighted by Crippen LogP contribution is -2.44. The standard InChI is InChI=1S/C29H27F3N6O/c1-20-5-6-22(16-21(20)8-10-25-18-33-27-4-3-11-34-38(25)27)28(39)35-24-9-7-23(26(17-24)29(30,31)32)19-37-14-12-36(2)13-15-37/h3-7,9,11,16-18H,12-15,19H2,1-2H3,(H,35,39)/i12D2,13D2,18D. The highest BCUT2D eigenvalue weighted by atomic mass is 19.4. The van der Waals surface area contributed by atoms with Gasteiger partial charge in [0.2, 0.25) is 0 Å². The molecule has 2 aromatic carbocycles. The molecule has 200 valence electrons. The van der Waals surface area contributed by atoms with Crippen molar-refractivity contribution in [1.82, 2.24) is 24.4 Å². The third-order valence-electron chi connectivity index (χ3n) is 6.16. The molecule has 0 bridgehead atoms. The number of nitrogens with zero attached hydrogens (tertiary/aromatic N) is 5. The van der Waals surface area contributed by atoms with Crippen LogP contribution in [-0.4, -0.2) is 63.4 Å². The molecule has 1 fully saturated rings. The van der Waals surface area contributed by atoms with Gasteiger partial charge in [-0.3, -0.25) is 9.69 Å². The van der Waals surface area contributed by atoms with E-state index >= 15 is 0 Å². The lowest BCUT2D eigenvalue weighted by molar-refractivity contribution is -0.138. The number of anilines is 1. The molecule has 1 aliphatic heterocycles. The number of nitrogens with one attached hydrogen (secondary N) is 1.